The van der Waals surface area contributed by atoms with Gasteiger partial charge in [-0.1, -0.05) is 53.8 Å². The van der Waals surface area contributed by atoms with Gasteiger partial charge in [-0.15, -0.1) is 0 Å². The van der Waals surface area contributed by atoms with Crippen molar-refractivity contribution in [1.29, 1.82) is 5.26 Å². The van der Waals surface area contributed by atoms with E-state index in [0.29, 0.717) is 51.7 Å². The number of para-hydroxylation sites is 1. The molecule has 10 heteroatoms. The summed E-state index contributed by atoms with van der Waals surface area (Å²) >= 11 is 1.25. The molecule has 5 aromatic rings. The lowest BCUT2D eigenvalue weighted by Gasteiger charge is -2.23. The number of carbonyl (C=O) groups is 1. The van der Waals surface area contributed by atoms with Crippen LogP contribution >= 0.6 is 11.3 Å². The van der Waals surface area contributed by atoms with Crippen molar-refractivity contribution in [3.05, 3.63) is 127 Å². The van der Waals surface area contributed by atoms with Gasteiger partial charge in [0.25, 0.3) is 5.56 Å². The van der Waals surface area contributed by atoms with Crippen molar-refractivity contribution < 1.29 is 19.0 Å². The molecule has 0 amide bonds. The Kier molecular flexibility index (Phi) is 8.36. The van der Waals surface area contributed by atoms with E-state index in [1.165, 1.54) is 29.2 Å². The zero-order valence-electron chi connectivity index (χ0n) is 25.0. The fourth-order valence-electron chi connectivity index (χ4n) is 5.60. The average molecular weight is 619 g/mol. The number of fused-ring (bicyclic) bond motifs is 2. The van der Waals surface area contributed by atoms with Gasteiger partial charge in [0, 0.05) is 35.4 Å². The highest BCUT2D eigenvalue weighted by Gasteiger charge is 2.31. The molecular formula is C35H30N4O5S. The highest BCUT2D eigenvalue weighted by molar-refractivity contribution is 7.07. The molecule has 226 valence electrons. The molecule has 3 aromatic carbocycles. The number of nitriles is 1. The van der Waals surface area contributed by atoms with Gasteiger partial charge < -0.3 is 18.8 Å². The number of methoxy groups -OCH3 is 1. The molecule has 0 spiro atoms. The standard InChI is InChI=1S/C35H30N4O5S/c1-4-43-29-15-14-22(16-30(29)44-5-2)32-27(34(41)42-3)19-37-35-39(32)33(40)31(45-35)17-25-21-38(28-13-9-8-12-26(25)28)20-24-11-7-6-10-23(24)18-36/h6-17,19,21,32H,4-5,20H2,1-3H3/b31-17-/t32-/m0/s1. The molecule has 0 bridgehead atoms. The highest BCUT2D eigenvalue weighted by atomic mass is 32.1. The number of nitrogens with zero attached hydrogens (tertiary/aromatic N) is 4. The summed E-state index contributed by atoms with van der Waals surface area (Å²) in [6.07, 6.45) is 5.33. The van der Waals surface area contributed by atoms with Crippen LogP contribution in [-0.4, -0.2) is 35.4 Å². The molecule has 0 saturated heterocycles. The maximum atomic E-state index is 14.2. The number of esters is 1. The molecule has 0 saturated carbocycles. The minimum atomic E-state index is -0.783. The summed E-state index contributed by atoms with van der Waals surface area (Å²) in [5, 5.41) is 10.6. The van der Waals surface area contributed by atoms with Crippen molar-refractivity contribution in [3.8, 4) is 17.6 Å². The maximum Gasteiger partial charge on any atom is 0.337 e. The normalized spacial score (nSPS) is 14.3. The van der Waals surface area contributed by atoms with Crippen LogP contribution in [0.25, 0.3) is 17.0 Å². The van der Waals surface area contributed by atoms with Crippen LogP contribution < -0.4 is 24.4 Å². The Balaban J connectivity index is 1.49. The van der Waals surface area contributed by atoms with Gasteiger partial charge in [0.1, 0.15) is 0 Å². The third kappa shape index (κ3) is 5.54. The van der Waals surface area contributed by atoms with Crippen LogP contribution in [0.5, 0.6) is 11.5 Å². The summed E-state index contributed by atoms with van der Waals surface area (Å²) in [7, 11) is 1.31. The molecule has 1 aliphatic rings. The Morgan fingerprint density at radius 2 is 1.80 bits per heavy atom. The molecule has 9 nitrogen and oxygen atoms in total. The van der Waals surface area contributed by atoms with Gasteiger partial charge in [-0.2, -0.15) is 5.26 Å². The van der Waals surface area contributed by atoms with E-state index in [-0.39, 0.29) is 11.1 Å². The van der Waals surface area contributed by atoms with E-state index in [2.05, 4.69) is 15.6 Å². The summed E-state index contributed by atoms with van der Waals surface area (Å²) in [5.74, 6) is 0.518. The van der Waals surface area contributed by atoms with Crippen LogP contribution in [-0.2, 0) is 16.1 Å². The van der Waals surface area contributed by atoms with E-state index in [1.54, 1.807) is 12.1 Å². The van der Waals surface area contributed by atoms with Gasteiger partial charge in [-0.25, -0.2) is 9.79 Å². The molecular weight excluding hydrogens is 588 g/mol. The molecule has 1 atom stereocenters. The molecule has 1 aliphatic heterocycles. The topological polar surface area (TPSA) is 108 Å². The van der Waals surface area contributed by atoms with Gasteiger partial charge in [-0.05, 0) is 55.3 Å². The summed E-state index contributed by atoms with van der Waals surface area (Å²) < 4.78 is 20.8. The number of rotatable bonds is 9. The molecule has 0 radical (unpaired) electrons. The van der Waals surface area contributed by atoms with Crippen molar-refractivity contribution in [3.63, 3.8) is 0 Å². The van der Waals surface area contributed by atoms with E-state index in [0.717, 1.165) is 22.0 Å². The predicted molar refractivity (Wildman–Crippen MR) is 172 cm³/mol. The number of benzene rings is 3. The van der Waals surface area contributed by atoms with Crippen molar-refractivity contribution >= 4 is 34.3 Å². The molecule has 0 N–H and O–H groups in total. The predicted octanol–water partition coefficient (Wildman–Crippen LogP) is 4.69. The van der Waals surface area contributed by atoms with Crippen LogP contribution in [0.15, 0.2) is 94.5 Å². The summed E-state index contributed by atoms with van der Waals surface area (Å²) in [6.45, 7) is 5.15. The lowest BCUT2D eigenvalue weighted by atomic mass is 9.97. The van der Waals surface area contributed by atoms with E-state index in [1.807, 2.05) is 80.7 Å². The van der Waals surface area contributed by atoms with Gasteiger partial charge in [0.05, 0.1) is 48.1 Å². The third-order valence-corrected chi connectivity index (χ3v) is 8.59. The second kappa shape index (κ2) is 12.7. The maximum absolute atomic E-state index is 14.2. The largest absolute Gasteiger partial charge is 0.490 e. The van der Waals surface area contributed by atoms with E-state index >= 15 is 0 Å². The Bertz CT molecular complexity index is 2180. The SMILES string of the molecule is CCOc1ccc([C@H]2C(C(=O)OC)=CN=c3s/c(=C\c4cn(Cc5ccccc5C#N)c5ccccc45)c(=O)n32)cc1OCC. The molecule has 0 fully saturated rings. The minimum absolute atomic E-state index is 0.232. The minimum Gasteiger partial charge on any atom is -0.490 e. The monoisotopic (exact) mass is 618 g/mol. The first-order valence-electron chi connectivity index (χ1n) is 14.5. The number of aromatic nitrogens is 2. The first-order valence-corrected chi connectivity index (χ1v) is 15.3. The fourth-order valence-corrected chi connectivity index (χ4v) is 6.56. The third-order valence-electron chi connectivity index (χ3n) is 7.59. The molecule has 6 rings (SSSR count). The number of ether oxygens (including phenoxy) is 3. The Hall–Kier alpha value is -5.40. The molecule has 3 heterocycles. The Morgan fingerprint density at radius 1 is 1.04 bits per heavy atom. The van der Waals surface area contributed by atoms with Crippen LogP contribution in [0.4, 0.5) is 0 Å². The lowest BCUT2D eigenvalue weighted by Crippen LogP contribution is -2.39. The van der Waals surface area contributed by atoms with Crippen LogP contribution in [0.2, 0.25) is 0 Å². The van der Waals surface area contributed by atoms with Crippen LogP contribution in [0.3, 0.4) is 0 Å². The van der Waals surface area contributed by atoms with E-state index in [9.17, 15) is 14.9 Å². The number of hydrogen-bond acceptors (Lipinski definition) is 8. The second-order valence-corrected chi connectivity index (χ2v) is 11.3. The summed E-state index contributed by atoms with van der Waals surface area (Å²) in [5.41, 5.74) is 3.97. The first kappa shape index (κ1) is 29.7. The van der Waals surface area contributed by atoms with E-state index in [4.69, 9.17) is 14.2 Å². The van der Waals surface area contributed by atoms with Gasteiger partial charge in [-0.3, -0.25) is 9.36 Å². The van der Waals surface area contributed by atoms with Crippen molar-refractivity contribution in [2.45, 2.75) is 26.4 Å². The van der Waals surface area contributed by atoms with Crippen molar-refractivity contribution in [2.75, 3.05) is 20.3 Å². The first-order chi connectivity index (χ1) is 22.0. The number of hydrogen-bond donors (Lipinski definition) is 0. The van der Waals surface area contributed by atoms with Gasteiger partial charge in [0.2, 0.25) is 0 Å². The molecule has 2 aromatic heterocycles. The average Bonchev–Trinajstić information content (AvgIpc) is 3.57. The van der Waals surface area contributed by atoms with E-state index < -0.39 is 12.0 Å². The number of carbonyl (C=O) groups excluding carboxylic acids is 1. The van der Waals surface area contributed by atoms with Gasteiger partial charge >= 0.3 is 5.97 Å². The zero-order valence-corrected chi connectivity index (χ0v) is 25.8. The fraction of sp³-hybridized carbons (Fsp3) is 0.200. The number of thiazole rings is 1. The van der Waals surface area contributed by atoms with Crippen molar-refractivity contribution in [2.24, 2.45) is 4.99 Å². The smallest absolute Gasteiger partial charge is 0.337 e. The zero-order chi connectivity index (χ0) is 31.5. The second-order valence-electron chi connectivity index (χ2n) is 10.2. The van der Waals surface area contributed by atoms with Crippen LogP contribution in [0, 0.1) is 11.3 Å². The molecule has 0 aliphatic carbocycles. The Morgan fingerprint density at radius 3 is 2.58 bits per heavy atom. The molecule has 45 heavy (non-hydrogen) atoms. The Labute approximate surface area is 263 Å². The van der Waals surface area contributed by atoms with Gasteiger partial charge in [0.15, 0.2) is 16.3 Å². The molecule has 0 unspecified atom stereocenters. The van der Waals surface area contributed by atoms with Crippen molar-refractivity contribution in [1.82, 2.24) is 9.13 Å². The quantitative estimate of drug-likeness (QED) is 0.222. The highest BCUT2D eigenvalue weighted by Crippen LogP contribution is 2.35. The summed E-state index contributed by atoms with van der Waals surface area (Å²) in [4.78, 5) is 32.1. The van der Waals surface area contributed by atoms with Crippen LogP contribution in [0.1, 0.15) is 42.1 Å². The lowest BCUT2D eigenvalue weighted by molar-refractivity contribution is -0.136. The summed E-state index contributed by atoms with van der Waals surface area (Å²) in [6, 6.07) is 22.4.